The Balaban J connectivity index is 3.10. The summed E-state index contributed by atoms with van der Waals surface area (Å²) < 4.78 is 1.00. The minimum absolute atomic E-state index is 0.107. The van der Waals surface area contributed by atoms with Crippen LogP contribution in [0.1, 0.15) is 24.2 Å². The fourth-order valence-corrected chi connectivity index (χ4v) is 2.74. The fraction of sp³-hybridized carbons (Fsp3) is 0.462. The van der Waals surface area contributed by atoms with E-state index in [1.807, 2.05) is 37.0 Å². The number of carbonyl (C=O) groups is 1. The van der Waals surface area contributed by atoms with Crippen LogP contribution >= 0.6 is 27.7 Å². The minimum atomic E-state index is 0.107. The molecule has 0 radical (unpaired) electrons. The maximum Gasteiger partial charge on any atom is 0.161 e. The number of ketones is 1. The zero-order valence-electron chi connectivity index (χ0n) is 10.7. The Morgan fingerprint density at radius 3 is 2.71 bits per heavy atom. The van der Waals surface area contributed by atoms with Crippen LogP contribution in [0, 0.1) is 0 Å². The van der Waals surface area contributed by atoms with Gasteiger partial charge >= 0.3 is 0 Å². The van der Waals surface area contributed by atoms with E-state index in [4.69, 9.17) is 0 Å². The van der Waals surface area contributed by atoms with E-state index in [9.17, 15) is 4.79 Å². The van der Waals surface area contributed by atoms with Crippen molar-refractivity contribution in [2.45, 2.75) is 19.9 Å². The average Bonchev–Trinajstić information content (AvgIpc) is 2.27. The summed E-state index contributed by atoms with van der Waals surface area (Å²) in [6.07, 6.45) is 2.09. The van der Waals surface area contributed by atoms with Gasteiger partial charge in [0.1, 0.15) is 0 Å². The van der Waals surface area contributed by atoms with Crippen molar-refractivity contribution >= 4 is 39.2 Å². The van der Waals surface area contributed by atoms with Crippen molar-refractivity contribution in [1.29, 1.82) is 0 Å². The lowest BCUT2D eigenvalue weighted by Crippen LogP contribution is -2.31. The van der Waals surface area contributed by atoms with Gasteiger partial charge in [-0.3, -0.25) is 4.79 Å². The molecule has 2 nitrogen and oxygen atoms in total. The van der Waals surface area contributed by atoms with Crippen LogP contribution in [0.3, 0.4) is 0 Å². The lowest BCUT2D eigenvalue weighted by atomic mass is 10.1. The quantitative estimate of drug-likeness (QED) is 0.770. The Hall–Kier alpha value is -0.480. The van der Waals surface area contributed by atoms with Crippen molar-refractivity contribution in [1.82, 2.24) is 0 Å². The Morgan fingerprint density at radius 1 is 1.53 bits per heavy atom. The van der Waals surface area contributed by atoms with E-state index in [0.717, 1.165) is 21.5 Å². The highest BCUT2D eigenvalue weighted by Crippen LogP contribution is 2.26. The predicted molar refractivity (Wildman–Crippen MR) is 80.4 cm³/mol. The number of carbonyl (C=O) groups excluding carboxylic acids is 1. The summed E-state index contributed by atoms with van der Waals surface area (Å²) in [4.78, 5) is 13.8. The number of anilines is 1. The lowest BCUT2D eigenvalue weighted by Gasteiger charge is -2.28. The van der Waals surface area contributed by atoms with Gasteiger partial charge in [-0.15, -0.1) is 0 Å². The van der Waals surface area contributed by atoms with Crippen LogP contribution in [-0.2, 0) is 0 Å². The second-order valence-electron chi connectivity index (χ2n) is 4.13. The van der Waals surface area contributed by atoms with Gasteiger partial charge in [0.05, 0.1) is 0 Å². The average molecular weight is 316 g/mol. The van der Waals surface area contributed by atoms with Crippen LogP contribution in [0.4, 0.5) is 5.69 Å². The largest absolute Gasteiger partial charge is 0.370 e. The van der Waals surface area contributed by atoms with Gasteiger partial charge in [-0.2, -0.15) is 11.8 Å². The number of rotatable bonds is 5. The van der Waals surface area contributed by atoms with E-state index in [0.29, 0.717) is 6.04 Å². The molecule has 0 bridgehead atoms. The van der Waals surface area contributed by atoms with Crippen LogP contribution in [0.2, 0.25) is 0 Å². The molecule has 0 saturated carbocycles. The molecule has 1 atom stereocenters. The molecular formula is C13H18BrNOS. The molecule has 0 spiro atoms. The highest BCUT2D eigenvalue weighted by atomic mass is 79.9. The molecule has 0 N–H and O–H groups in total. The van der Waals surface area contributed by atoms with E-state index in [2.05, 4.69) is 34.0 Å². The van der Waals surface area contributed by atoms with E-state index in [-0.39, 0.29) is 5.78 Å². The molecular weight excluding hydrogens is 298 g/mol. The Labute approximate surface area is 116 Å². The second-order valence-corrected chi connectivity index (χ2v) is 5.96. The van der Waals surface area contributed by atoms with Crippen LogP contribution in [-0.4, -0.2) is 30.9 Å². The third kappa shape index (κ3) is 3.75. The molecule has 1 unspecified atom stereocenters. The number of hydrogen-bond acceptors (Lipinski definition) is 3. The molecule has 1 rings (SSSR count). The number of benzene rings is 1. The SMILES string of the molecule is CSCC(C)N(C)c1cc(Br)ccc1C(C)=O. The molecule has 4 heteroatoms. The number of halogens is 1. The number of thioether (sulfide) groups is 1. The Kier molecular flexibility index (Phi) is 5.53. The number of nitrogens with zero attached hydrogens (tertiary/aromatic N) is 1. The molecule has 94 valence electrons. The topological polar surface area (TPSA) is 20.3 Å². The molecule has 0 aliphatic heterocycles. The highest BCUT2D eigenvalue weighted by molar-refractivity contribution is 9.10. The monoisotopic (exact) mass is 315 g/mol. The zero-order valence-corrected chi connectivity index (χ0v) is 13.1. The van der Waals surface area contributed by atoms with E-state index in [1.54, 1.807) is 6.92 Å². The van der Waals surface area contributed by atoms with Gasteiger partial charge in [0.15, 0.2) is 5.78 Å². The van der Waals surface area contributed by atoms with Gasteiger partial charge < -0.3 is 4.90 Å². The summed E-state index contributed by atoms with van der Waals surface area (Å²) in [6.45, 7) is 3.78. The minimum Gasteiger partial charge on any atom is -0.370 e. The van der Waals surface area contributed by atoms with Crippen molar-refractivity contribution < 1.29 is 4.79 Å². The molecule has 0 fully saturated rings. The van der Waals surface area contributed by atoms with Crippen LogP contribution < -0.4 is 4.90 Å². The van der Waals surface area contributed by atoms with Crippen LogP contribution in [0.15, 0.2) is 22.7 Å². The van der Waals surface area contributed by atoms with Crippen molar-refractivity contribution in [2.24, 2.45) is 0 Å². The van der Waals surface area contributed by atoms with E-state index < -0.39 is 0 Å². The van der Waals surface area contributed by atoms with E-state index in [1.165, 1.54) is 0 Å². The third-order valence-electron chi connectivity index (χ3n) is 2.79. The van der Waals surface area contributed by atoms with Gasteiger partial charge in [-0.05, 0) is 38.3 Å². The maximum absolute atomic E-state index is 11.6. The first-order chi connectivity index (χ1) is 7.97. The maximum atomic E-state index is 11.6. The first-order valence-corrected chi connectivity index (χ1v) is 7.68. The molecule has 1 aromatic carbocycles. The summed E-state index contributed by atoms with van der Waals surface area (Å²) in [5.74, 6) is 1.15. The van der Waals surface area contributed by atoms with Gasteiger partial charge in [-0.25, -0.2) is 0 Å². The first-order valence-electron chi connectivity index (χ1n) is 5.49. The molecule has 0 amide bonds. The molecule has 0 saturated heterocycles. The van der Waals surface area contributed by atoms with Gasteiger partial charge in [0, 0.05) is 34.6 Å². The van der Waals surface area contributed by atoms with Crippen molar-refractivity contribution in [3.05, 3.63) is 28.2 Å². The number of hydrogen-bond donors (Lipinski definition) is 0. The molecule has 0 aliphatic rings. The van der Waals surface area contributed by atoms with Crippen LogP contribution in [0.25, 0.3) is 0 Å². The molecule has 0 aromatic heterocycles. The fourth-order valence-electron chi connectivity index (χ4n) is 1.68. The van der Waals surface area contributed by atoms with Gasteiger partial charge in [-0.1, -0.05) is 15.9 Å². The van der Waals surface area contributed by atoms with Gasteiger partial charge in [0.25, 0.3) is 0 Å². The molecule has 1 aromatic rings. The van der Waals surface area contributed by atoms with Crippen molar-refractivity contribution in [2.75, 3.05) is 24.0 Å². The normalized spacial score (nSPS) is 12.3. The number of Topliss-reactive ketones (excluding diaryl/α,β-unsaturated/α-hetero) is 1. The predicted octanol–water partition coefficient (Wildman–Crippen LogP) is 3.84. The smallest absolute Gasteiger partial charge is 0.161 e. The standard InChI is InChI=1S/C13H18BrNOS/c1-9(8-17-4)15(3)13-7-11(14)5-6-12(13)10(2)16/h5-7,9H,8H2,1-4H3. The summed E-state index contributed by atoms with van der Waals surface area (Å²) >= 11 is 5.27. The Bertz CT molecular complexity index is 408. The van der Waals surface area contributed by atoms with Gasteiger partial charge in [0.2, 0.25) is 0 Å². The van der Waals surface area contributed by atoms with Crippen molar-refractivity contribution in [3.8, 4) is 0 Å². The molecule has 17 heavy (non-hydrogen) atoms. The zero-order chi connectivity index (χ0) is 13.0. The lowest BCUT2D eigenvalue weighted by molar-refractivity contribution is 0.101. The molecule has 0 heterocycles. The Morgan fingerprint density at radius 2 is 2.18 bits per heavy atom. The third-order valence-corrected chi connectivity index (χ3v) is 4.10. The first kappa shape index (κ1) is 14.6. The van der Waals surface area contributed by atoms with Crippen molar-refractivity contribution in [3.63, 3.8) is 0 Å². The summed E-state index contributed by atoms with van der Waals surface area (Å²) in [6, 6.07) is 6.20. The summed E-state index contributed by atoms with van der Waals surface area (Å²) in [7, 11) is 2.04. The van der Waals surface area contributed by atoms with Crippen LogP contribution in [0.5, 0.6) is 0 Å². The molecule has 0 aliphatic carbocycles. The second kappa shape index (κ2) is 6.45. The van der Waals surface area contributed by atoms with E-state index >= 15 is 0 Å². The summed E-state index contributed by atoms with van der Waals surface area (Å²) in [5.41, 5.74) is 1.78. The summed E-state index contributed by atoms with van der Waals surface area (Å²) in [5, 5.41) is 0. The highest BCUT2D eigenvalue weighted by Gasteiger charge is 2.15.